The van der Waals surface area contributed by atoms with Gasteiger partial charge in [-0.25, -0.2) is 9.78 Å². The maximum absolute atomic E-state index is 12.6. The third kappa shape index (κ3) is 5.55. The smallest absolute Gasteiger partial charge is 0.444 e. The maximum atomic E-state index is 12.6. The van der Waals surface area contributed by atoms with Crippen molar-refractivity contribution in [2.75, 3.05) is 36.5 Å². The molecule has 3 aromatic heterocycles. The number of pyridine rings is 2. The van der Waals surface area contributed by atoms with Crippen LogP contribution in [0.1, 0.15) is 17.0 Å². The molecule has 1 saturated heterocycles. The number of anilines is 2. The minimum absolute atomic E-state index is 0.00978. The van der Waals surface area contributed by atoms with E-state index >= 15 is 0 Å². The van der Waals surface area contributed by atoms with Gasteiger partial charge in [0, 0.05) is 24.8 Å². The van der Waals surface area contributed by atoms with Crippen LogP contribution in [0.3, 0.4) is 0 Å². The molecule has 0 aromatic carbocycles. The first-order valence-electron chi connectivity index (χ1n) is 9.89. The van der Waals surface area contributed by atoms with Crippen molar-refractivity contribution in [2.24, 2.45) is 0 Å². The Balaban J connectivity index is 1.32. The van der Waals surface area contributed by atoms with E-state index in [1.54, 1.807) is 13.1 Å². The second kappa shape index (κ2) is 9.40. The van der Waals surface area contributed by atoms with Crippen molar-refractivity contribution in [2.45, 2.75) is 19.7 Å². The van der Waals surface area contributed by atoms with Crippen molar-refractivity contribution in [3.05, 3.63) is 47.6 Å². The molecule has 1 aliphatic heterocycles. The van der Waals surface area contributed by atoms with Crippen molar-refractivity contribution in [1.29, 1.82) is 0 Å². The number of amides is 1. The Bertz CT molecular complexity index is 1110. The number of aryl methyl sites for hydroxylation is 1. The van der Waals surface area contributed by atoms with Crippen LogP contribution < -0.4 is 10.2 Å². The van der Waals surface area contributed by atoms with Gasteiger partial charge in [0.05, 0.1) is 25.1 Å². The molecular formula is C20H19F3N6O4. The molecule has 33 heavy (non-hydrogen) atoms. The lowest BCUT2D eigenvalue weighted by molar-refractivity contribution is -0.159. The van der Waals surface area contributed by atoms with Gasteiger partial charge < -0.3 is 18.9 Å². The first-order valence-corrected chi connectivity index (χ1v) is 9.89. The van der Waals surface area contributed by atoms with Gasteiger partial charge >= 0.3 is 18.2 Å². The monoisotopic (exact) mass is 464 g/mol. The van der Waals surface area contributed by atoms with Gasteiger partial charge in [0.1, 0.15) is 18.1 Å². The molecule has 174 valence electrons. The summed E-state index contributed by atoms with van der Waals surface area (Å²) in [5.41, 5.74) is 1.62. The molecule has 0 radical (unpaired) electrons. The highest BCUT2D eigenvalue weighted by Gasteiger charge is 2.38. The molecule has 1 amide bonds. The van der Waals surface area contributed by atoms with E-state index in [-0.39, 0.29) is 18.1 Å². The van der Waals surface area contributed by atoms with Gasteiger partial charge in [-0.2, -0.15) is 18.2 Å². The Labute approximate surface area is 185 Å². The minimum atomic E-state index is -4.75. The summed E-state index contributed by atoms with van der Waals surface area (Å²) in [4.78, 5) is 25.9. The van der Waals surface area contributed by atoms with Crippen LogP contribution in [-0.4, -0.2) is 52.5 Å². The molecule has 1 N–H and O–H groups in total. The van der Waals surface area contributed by atoms with Gasteiger partial charge in [0.2, 0.25) is 5.82 Å². The fourth-order valence-electron chi connectivity index (χ4n) is 3.03. The van der Waals surface area contributed by atoms with E-state index in [0.29, 0.717) is 30.0 Å². The van der Waals surface area contributed by atoms with E-state index in [1.165, 1.54) is 12.3 Å². The molecule has 0 spiro atoms. The Kier molecular flexibility index (Phi) is 6.40. The van der Waals surface area contributed by atoms with E-state index in [4.69, 9.17) is 9.47 Å². The first kappa shape index (κ1) is 22.5. The predicted octanol–water partition coefficient (Wildman–Crippen LogP) is 3.44. The quantitative estimate of drug-likeness (QED) is 0.606. The van der Waals surface area contributed by atoms with Crippen LogP contribution in [0.15, 0.2) is 35.1 Å². The molecule has 0 bridgehead atoms. The third-order valence-corrected chi connectivity index (χ3v) is 4.76. The molecule has 0 saturated carbocycles. The van der Waals surface area contributed by atoms with Crippen LogP contribution in [0.4, 0.5) is 29.5 Å². The largest absolute Gasteiger partial charge is 0.471 e. The highest BCUT2D eigenvalue weighted by atomic mass is 19.4. The average Bonchev–Trinajstić information content (AvgIpc) is 3.31. The summed E-state index contributed by atoms with van der Waals surface area (Å²) < 4.78 is 52.6. The molecule has 4 heterocycles. The number of ether oxygens (including phenoxy) is 2. The zero-order valence-corrected chi connectivity index (χ0v) is 17.4. The van der Waals surface area contributed by atoms with Crippen LogP contribution in [0.25, 0.3) is 11.5 Å². The van der Waals surface area contributed by atoms with Crippen LogP contribution in [-0.2, 0) is 22.3 Å². The summed E-state index contributed by atoms with van der Waals surface area (Å²) in [7, 11) is 0. The number of carbonyl (C=O) groups excluding carboxylic acids is 1. The van der Waals surface area contributed by atoms with Gasteiger partial charge in [0.25, 0.3) is 0 Å². The van der Waals surface area contributed by atoms with E-state index in [1.807, 2.05) is 12.1 Å². The number of halogens is 3. The Hall–Kier alpha value is -3.74. The maximum Gasteiger partial charge on any atom is 0.471 e. The number of hydrogen-bond acceptors (Lipinski definition) is 9. The SMILES string of the molecule is Cc1cc(-c2noc(C(F)(F)F)n2)ncc1NC(=O)OCc1ccc(N2CCOCC2)nc1. The van der Waals surface area contributed by atoms with E-state index < -0.39 is 18.2 Å². The summed E-state index contributed by atoms with van der Waals surface area (Å²) >= 11 is 0. The Morgan fingerprint density at radius 1 is 1.21 bits per heavy atom. The normalized spacial score (nSPS) is 14.2. The fraction of sp³-hybridized carbons (Fsp3) is 0.350. The molecule has 4 rings (SSSR count). The highest BCUT2D eigenvalue weighted by molar-refractivity contribution is 5.85. The predicted molar refractivity (Wildman–Crippen MR) is 108 cm³/mol. The lowest BCUT2D eigenvalue weighted by Crippen LogP contribution is -2.36. The Morgan fingerprint density at radius 3 is 2.64 bits per heavy atom. The average molecular weight is 464 g/mol. The second-order valence-electron chi connectivity index (χ2n) is 7.13. The number of rotatable bonds is 5. The fourth-order valence-corrected chi connectivity index (χ4v) is 3.03. The molecular weight excluding hydrogens is 445 g/mol. The van der Waals surface area contributed by atoms with Gasteiger partial charge in [-0.1, -0.05) is 11.2 Å². The van der Waals surface area contributed by atoms with Crippen molar-refractivity contribution >= 4 is 17.6 Å². The van der Waals surface area contributed by atoms with Gasteiger partial charge in [-0.05, 0) is 24.6 Å². The Morgan fingerprint density at radius 2 is 2.00 bits per heavy atom. The van der Waals surface area contributed by atoms with Gasteiger partial charge in [-0.3, -0.25) is 10.3 Å². The molecule has 13 heteroatoms. The zero-order valence-electron chi connectivity index (χ0n) is 17.4. The summed E-state index contributed by atoms with van der Waals surface area (Å²) in [6.45, 7) is 4.51. The van der Waals surface area contributed by atoms with Gasteiger partial charge in [-0.15, -0.1) is 0 Å². The molecule has 0 atom stereocenters. The van der Waals surface area contributed by atoms with Crippen LogP contribution in [0.5, 0.6) is 0 Å². The summed E-state index contributed by atoms with van der Waals surface area (Å²) in [6, 6.07) is 5.11. The van der Waals surface area contributed by atoms with Crippen LogP contribution in [0, 0.1) is 6.92 Å². The molecule has 1 fully saturated rings. The van der Waals surface area contributed by atoms with Crippen molar-refractivity contribution in [3.8, 4) is 11.5 Å². The standard InChI is InChI=1S/C20H19F3N6O4/c1-12-8-14(17-27-18(33-28-17)20(21,22)23)24-10-15(12)26-19(30)32-11-13-2-3-16(25-9-13)29-4-6-31-7-5-29/h2-3,8-10H,4-7,11H2,1H3,(H,26,30). The molecule has 0 unspecified atom stereocenters. The minimum Gasteiger partial charge on any atom is -0.444 e. The second-order valence-corrected chi connectivity index (χ2v) is 7.13. The zero-order chi connectivity index (χ0) is 23.4. The van der Waals surface area contributed by atoms with Crippen LogP contribution in [0.2, 0.25) is 0 Å². The van der Waals surface area contributed by atoms with E-state index in [0.717, 1.165) is 18.9 Å². The molecule has 1 aliphatic rings. The number of hydrogen-bond donors (Lipinski definition) is 1. The number of alkyl halides is 3. The van der Waals surface area contributed by atoms with E-state index in [9.17, 15) is 18.0 Å². The number of nitrogens with zero attached hydrogens (tertiary/aromatic N) is 5. The van der Waals surface area contributed by atoms with E-state index in [2.05, 4.69) is 34.8 Å². The topological polar surface area (TPSA) is 116 Å². The summed E-state index contributed by atoms with van der Waals surface area (Å²) in [5, 5.41) is 5.83. The van der Waals surface area contributed by atoms with Gasteiger partial charge in [0.15, 0.2) is 0 Å². The molecule has 0 aliphatic carbocycles. The van der Waals surface area contributed by atoms with Crippen molar-refractivity contribution in [1.82, 2.24) is 20.1 Å². The number of morpholine rings is 1. The van der Waals surface area contributed by atoms with Crippen LogP contribution >= 0.6 is 0 Å². The number of nitrogens with one attached hydrogen (secondary N) is 1. The first-order chi connectivity index (χ1) is 15.8. The lowest BCUT2D eigenvalue weighted by Gasteiger charge is -2.27. The summed E-state index contributed by atoms with van der Waals surface area (Å²) in [6.07, 6.45) is -2.55. The van der Waals surface area contributed by atoms with Crippen molar-refractivity contribution < 1.29 is 32.0 Å². The van der Waals surface area contributed by atoms with Crippen molar-refractivity contribution in [3.63, 3.8) is 0 Å². The molecule has 10 nitrogen and oxygen atoms in total. The third-order valence-electron chi connectivity index (χ3n) is 4.76. The highest BCUT2D eigenvalue weighted by Crippen LogP contribution is 2.29. The summed E-state index contributed by atoms with van der Waals surface area (Å²) in [5.74, 6) is -0.944. The lowest BCUT2D eigenvalue weighted by atomic mass is 10.2. The number of aromatic nitrogens is 4. The molecule has 3 aromatic rings. The number of carbonyl (C=O) groups is 1.